The molecule has 1 aliphatic rings. The summed E-state index contributed by atoms with van der Waals surface area (Å²) in [7, 11) is 0. The summed E-state index contributed by atoms with van der Waals surface area (Å²) in [5.41, 5.74) is -0.466. The van der Waals surface area contributed by atoms with E-state index in [1.807, 2.05) is 20.8 Å². The second-order valence-electron chi connectivity index (χ2n) is 4.74. The summed E-state index contributed by atoms with van der Waals surface area (Å²) in [5.74, 6) is 0.423. The van der Waals surface area contributed by atoms with Gasteiger partial charge in [-0.1, -0.05) is 27.2 Å². The molecule has 1 rings (SSSR count). The predicted molar refractivity (Wildman–Crippen MR) is 52.4 cm³/mol. The molecule has 0 bridgehead atoms. The molecule has 1 saturated carbocycles. The first kappa shape index (κ1) is 10.7. The van der Waals surface area contributed by atoms with Gasteiger partial charge in [0.25, 0.3) is 0 Å². The standard InChI is InChI=1S/C11H20O2/c1-8(2)10(13)11(3)7-5-4-6-9(11)12/h8,10,13H,4-7H2,1-3H3. The number of Topliss-reactive ketones (excluding diaryl/α,β-unsaturated/α-hetero) is 1. The van der Waals surface area contributed by atoms with Crippen molar-refractivity contribution in [1.29, 1.82) is 0 Å². The highest BCUT2D eigenvalue weighted by Gasteiger charge is 2.42. The molecule has 1 aliphatic carbocycles. The summed E-state index contributed by atoms with van der Waals surface area (Å²) in [6.07, 6.45) is 3.11. The third-order valence-corrected chi connectivity index (χ3v) is 3.27. The lowest BCUT2D eigenvalue weighted by Crippen LogP contribution is -2.44. The number of rotatable bonds is 2. The molecule has 0 saturated heterocycles. The number of ketones is 1. The molecule has 2 nitrogen and oxygen atoms in total. The van der Waals surface area contributed by atoms with Crippen LogP contribution in [0.5, 0.6) is 0 Å². The minimum absolute atomic E-state index is 0.173. The van der Waals surface area contributed by atoms with Crippen molar-refractivity contribution in [2.45, 2.75) is 52.6 Å². The van der Waals surface area contributed by atoms with Crippen LogP contribution in [0.15, 0.2) is 0 Å². The molecule has 0 aromatic rings. The quantitative estimate of drug-likeness (QED) is 0.714. The molecule has 1 fully saturated rings. The molecule has 2 atom stereocenters. The van der Waals surface area contributed by atoms with Crippen molar-refractivity contribution in [3.05, 3.63) is 0 Å². The van der Waals surface area contributed by atoms with E-state index in [1.54, 1.807) is 0 Å². The maximum atomic E-state index is 11.7. The molecule has 0 spiro atoms. The first-order valence-electron chi connectivity index (χ1n) is 5.20. The highest BCUT2D eigenvalue weighted by Crippen LogP contribution is 2.38. The Morgan fingerprint density at radius 3 is 2.46 bits per heavy atom. The van der Waals surface area contributed by atoms with Crippen LogP contribution in [0.1, 0.15) is 46.5 Å². The van der Waals surface area contributed by atoms with Crippen LogP contribution in [0, 0.1) is 11.3 Å². The molecule has 0 aliphatic heterocycles. The third-order valence-electron chi connectivity index (χ3n) is 3.27. The van der Waals surface area contributed by atoms with Crippen molar-refractivity contribution in [1.82, 2.24) is 0 Å². The van der Waals surface area contributed by atoms with E-state index in [0.717, 1.165) is 19.3 Å². The maximum Gasteiger partial charge on any atom is 0.141 e. The Morgan fingerprint density at radius 2 is 2.00 bits per heavy atom. The SMILES string of the molecule is CC(C)C(O)C1(C)CCCCC1=O. The van der Waals surface area contributed by atoms with Crippen LogP contribution in [-0.4, -0.2) is 17.0 Å². The first-order chi connectivity index (χ1) is 5.98. The Morgan fingerprint density at radius 1 is 1.38 bits per heavy atom. The molecular formula is C11H20O2. The van der Waals surface area contributed by atoms with Crippen molar-refractivity contribution >= 4 is 5.78 Å². The summed E-state index contributed by atoms with van der Waals surface area (Å²) in [6.45, 7) is 5.86. The minimum atomic E-state index is -0.472. The van der Waals surface area contributed by atoms with E-state index in [-0.39, 0.29) is 11.7 Å². The fourth-order valence-corrected chi connectivity index (χ4v) is 2.25. The van der Waals surface area contributed by atoms with E-state index in [9.17, 15) is 9.90 Å². The topological polar surface area (TPSA) is 37.3 Å². The van der Waals surface area contributed by atoms with E-state index < -0.39 is 11.5 Å². The van der Waals surface area contributed by atoms with Crippen LogP contribution in [0.25, 0.3) is 0 Å². The number of hydrogen-bond acceptors (Lipinski definition) is 2. The summed E-state index contributed by atoms with van der Waals surface area (Å²) in [4.78, 5) is 11.7. The Bertz CT molecular complexity index is 198. The van der Waals surface area contributed by atoms with Crippen molar-refractivity contribution in [3.63, 3.8) is 0 Å². The fraction of sp³-hybridized carbons (Fsp3) is 0.909. The highest BCUT2D eigenvalue weighted by atomic mass is 16.3. The molecular weight excluding hydrogens is 164 g/mol. The average molecular weight is 184 g/mol. The van der Waals surface area contributed by atoms with Gasteiger partial charge in [-0.05, 0) is 18.8 Å². The van der Waals surface area contributed by atoms with Gasteiger partial charge in [-0.15, -0.1) is 0 Å². The largest absolute Gasteiger partial charge is 0.392 e. The molecule has 0 heterocycles. The molecule has 2 heteroatoms. The molecule has 2 unspecified atom stereocenters. The molecule has 0 radical (unpaired) electrons. The van der Waals surface area contributed by atoms with Crippen LogP contribution < -0.4 is 0 Å². The lowest BCUT2D eigenvalue weighted by molar-refractivity contribution is -0.140. The van der Waals surface area contributed by atoms with E-state index in [4.69, 9.17) is 0 Å². The molecule has 13 heavy (non-hydrogen) atoms. The van der Waals surface area contributed by atoms with Gasteiger partial charge in [-0.3, -0.25) is 4.79 Å². The van der Waals surface area contributed by atoms with Gasteiger partial charge in [-0.25, -0.2) is 0 Å². The van der Waals surface area contributed by atoms with Crippen LogP contribution in [-0.2, 0) is 4.79 Å². The summed E-state index contributed by atoms with van der Waals surface area (Å²) >= 11 is 0. The monoisotopic (exact) mass is 184 g/mol. The fourth-order valence-electron chi connectivity index (χ4n) is 2.25. The molecule has 0 amide bonds. The van der Waals surface area contributed by atoms with Gasteiger partial charge in [0.05, 0.1) is 11.5 Å². The third kappa shape index (κ3) is 1.93. The number of aliphatic hydroxyl groups is 1. The van der Waals surface area contributed by atoms with Gasteiger partial charge in [-0.2, -0.15) is 0 Å². The first-order valence-corrected chi connectivity index (χ1v) is 5.20. The number of aliphatic hydroxyl groups excluding tert-OH is 1. The van der Waals surface area contributed by atoms with Gasteiger partial charge < -0.3 is 5.11 Å². The van der Waals surface area contributed by atoms with Crippen molar-refractivity contribution in [2.24, 2.45) is 11.3 Å². The Labute approximate surface area is 80.3 Å². The van der Waals surface area contributed by atoms with Gasteiger partial charge in [0, 0.05) is 6.42 Å². The Balaban J connectivity index is 2.77. The normalized spacial score (nSPS) is 32.2. The minimum Gasteiger partial charge on any atom is -0.392 e. The molecule has 76 valence electrons. The number of hydrogen-bond donors (Lipinski definition) is 1. The zero-order valence-corrected chi connectivity index (χ0v) is 8.84. The molecule has 0 aromatic carbocycles. The van der Waals surface area contributed by atoms with Crippen LogP contribution in [0.2, 0.25) is 0 Å². The van der Waals surface area contributed by atoms with Crippen LogP contribution >= 0.6 is 0 Å². The van der Waals surface area contributed by atoms with Crippen LogP contribution in [0.3, 0.4) is 0 Å². The predicted octanol–water partition coefficient (Wildman–Crippen LogP) is 2.15. The van der Waals surface area contributed by atoms with Gasteiger partial charge in [0.2, 0.25) is 0 Å². The van der Waals surface area contributed by atoms with E-state index in [2.05, 4.69) is 0 Å². The smallest absolute Gasteiger partial charge is 0.141 e. The average Bonchev–Trinajstić information content (AvgIpc) is 2.09. The highest BCUT2D eigenvalue weighted by molar-refractivity contribution is 5.85. The molecule has 0 aromatic heterocycles. The lowest BCUT2D eigenvalue weighted by atomic mass is 9.68. The van der Waals surface area contributed by atoms with E-state index >= 15 is 0 Å². The Kier molecular flexibility index (Phi) is 3.12. The van der Waals surface area contributed by atoms with Gasteiger partial charge in [0.15, 0.2) is 0 Å². The number of carbonyl (C=O) groups is 1. The lowest BCUT2D eigenvalue weighted by Gasteiger charge is -2.38. The van der Waals surface area contributed by atoms with Gasteiger partial charge >= 0.3 is 0 Å². The van der Waals surface area contributed by atoms with E-state index in [0.29, 0.717) is 6.42 Å². The second-order valence-corrected chi connectivity index (χ2v) is 4.74. The van der Waals surface area contributed by atoms with Gasteiger partial charge in [0.1, 0.15) is 5.78 Å². The van der Waals surface area contributed by atoms with Crippen molar-refractivity contribution in [2.75, 3.05) is 0 Å². The zero-order valence-electron chi connectivity index (χ0n) is 8.84. The zero-order chi connectivity index (χ0) is 10.1. The van der Waals surface area contributed by atoms with Crippen LogP contribution in [0.4, 0.5) is 0 Å². The summed E-state index contributed by atoms with van der Waals surface area (Å²) < 4.78 is 0. The maximum absolute atomic E-state index is 11.7. The second kappa shape index (κ2) is 3.79. The van der Waals surface area contributed by atoms with Crippen molar-refractivity contribution in [3.8, 4) is 0 Å². The number of carbonyl (C=O) groups excluding carboxylic acids is 1. The molecule has 1 N–H and O–H groups in total. The van der Waals surface area contributed by atoms with Crippen molar-refractivity contribution < 1.29 is 9.90 Å². The summed E-state index contributed by atoms with van der Waals surface area (Å²) in [5, 5.41) is 9.96. The van der Waals surface area contributed by atoms with E-state index in [1.165, 1.54) is 0 Å². The Hall–Kier alpha value is -0.370. The summed E-state index contributed by atoms with van der Waals surface area (Å²) in [6, 6.07) is 0.